The number of benzene rings is 1. The second kappa shape index (κ2) is 6.94. The van der Waals surface area contributed by atoms with Crippen molar-refractivity contribution in [2.45, 2.75) is 26.2 Å². The zero-order valence-corrected chi connectivity index (χ0v) is 12.7. The van der Waals surface area contributed by atoms with Crippen molar-refractivity contribution in [3.63, 3.8) is 0 Å². The van der Waals surface area contributed by atoms with Gasteiger partial charge in [0, 0.05) is 18.1 Å². The van der Waals surface area contributed by atoms with Gasteiger partial charge in [0.2, 0.25) is 5.13 Å². The first-order chi connectivity index (χ1) is 10.5. The van der Waals surface area contributed by atoms with E-state index >= 15 is 0 Å². The van der Waals surface area contributed by atoms with Gasteiger partial charge in [0.05, 0.1) is 4.92 Å². The van der Waals surface area contributed by atoms with Crippen molar-refractivity contribution in [3.05, 3.63) is 38.9 Å². The van der Waals surface area contributed by atoms with Crippen LogP contribution in [0.4, 0.5) is 16.5 Å². The lowest BCUT2D eigenvalue weighted by Gasteiger charge is -2.02. The Hall–Kier alpha value is -2.55. The summed E-state index contributed by atoms with van der Waals surface area (Å²) in [4.78, 5) is 22.3. The summed E-state index contributed by atoms with van der Waals surface area (Å²) in [6.45, 7) is 2.08. The van der Waals surface area contributed by atoms with Crippen molar-refractivity contribution >= 4 is 33.8 Å². The largest absolute Gasteiger partial charge is 0.393 e. The summed E-state index contributed by atoms with van der Waals surface area (Å²) >= 11 is 1.30. The van der Waals surface area contributed by atoms with Gasteiger partial charge in [0.15, 0.2) is 0 Å². The van der Waals surface area contributed by atoms with Crippen LogP contribution in [0.2, 0.25) is 0 Å². The number of carbonyl (C=O) groups is 1. The Kier molecular flexibility index (Phi) is 4.99. The van der Waals surface area contributed by atoms with Gasteiger partial charge in [-0.3, -0.25) is 20.2 Å². The Morgan fingerprint density at radius 3 is 2.91 bits per heavy atom. The first-order valence-corrected chi connectivity index (χ1v) is 7.50. The molecule has 0 spiro atoms. The lowest BCUT2D eigenvalue weighted by atomic mass is 10.1. The number of amides is 1. The quantitative estimate of drug-likeness (QED) is 0.479. The maximum atomic E-state index is 12.1. The third kappa shape index (κ3) is 3.76. The van der Waals surface area contributed by atoms with Crippen LogP contribution in [0, 0.1) is 10.1 Å². The number of anilines is 2. The third-order valence-electron chi connectivity index (χ3n) is 2.92. The highest BCUT2D eigenvalue weighted by molar-refractivity contribution is 7.15. The number of hydrogen-bond acceptors (Lipinski definition) is 7. The fourth-order valence-corrected chi connectivity index (χ4v) is 2.52. The minimum Gasteiger partial charge on any atom is -0.393 e. The monoisotopic (exact) mass is 321 g/mol. The molecule has 1 amide bonds. The van der Waals surface area contributed by atoms with E-state index in [0.717, 1.165) is 30.3 Å². The number of hydrogen-bond donors (Lipinski definition) is 2. The topological polar surface area (TPSA) is 124 Å². The van der Waals surface area contributed by atoms with Gasteiger partial charge in [-0.25, -0.2) is 0 Å². The number of nitrogens with zero attached hydrogens (tertiary/aromatic N) is 3. The van der Waals surface area contributed by atoms with Gasteiger partial charge in [-0.2, -0.15) is 0 Å². The van der Waals surface area contributed by atoms with Gasteiger partial charge < -0.3 is 5.73 Å². The van der Waals surface area contributed by atoms with Crippen LogP contribution in [-0.4, -0.2) is 21.0 Å². The molecule has 0 saturated heterocycles. The number of nitro benzene ring substituents is 1. The number of nitro groups is 1. The summed E-state index contributed by atoms with van der Waals surface area (Å²) in [5.41, 5.74) is 5.36. The molecule has 0 radical (unpaired) electrons. The van der Waals surface area contributed by atoms with E-state index in [2.05, 4.69) is 22.4 Å². The molecular formula is C13H15N5O3S. The molecule has 1 aromatic carbocycles. The molecule has 1 aromatic heterocycles. The van der Waals surface area contributed by atoms with Crippen molar-refractivity contribution in [2.75, 3.05) is 11.1 Å². The number of nitrogens with two attached hydrogens (primary N) is 1. The molecule has 0 bridgehead atoms. The van der Waals surface area contributed by atoms with E-state index < -0.39 is 10.8 Å². The Bertz CT molecular complexity index is 701. The molecule has 0 aliphatic rings. The van der Waals surface area contributed by atoms with Crippen molar-refractivity contribution in [1.82, 2.24) is 10.2 Å². The number of nitrogen functional groups attached to an aromatic ring is 1. The predicted molar refractivity (Wildman–Crippen MR) is 84.0 cm³/mol. The van der Waals surface area contributed by atoms with Crippen molar-refractivity contribution in [3.8, 4) is 0 Å². The molecule has 22 heavy (non-hydrogen) atoms. The van der Waals surface area contributed by atoms with Crippen molar-refractivity contribution in [2.24, 2.45) is 0 Å². The SMILES string of the molecule is CCCCc1nnc(NC(=O)c2ccc(N)c([N+](=O)[O-])c2)s1. The lowest BCUT2D eigenvalue weighted by Crippen LogP contribution is -2.12. The van der Waals surface area contributed by atoms with E-state index in [-0.39, 0.29) is 16.9 Å². The highest BCUT2D eigenvalue weighted by Crippen LogP contribution is 2.23. The minimum atomic E-state index is -0.625. The lowest BCUT2D eigenvalue weighted by molar-refractivity contribution is -0.383. The maximum Gasteiger partial charge on any atom is 0.292 e. The molecule has 0 saturated carbocycles. The van der Waals surface area contributed by atoms with Gasteiger partial charge in [-0.15, -0.1) is 10.2 Å². The van der Waals surface area contributed by atoms with Gasteiger partial charge in [0.25, 0.3) is 11.6 Å². The zero-order valence-electron chi connectivity index (χ0n) is 11.9. The summed E-state index contributed by atoms with van der Waals surface area (Å²) in [6.07, 6.45) is 2.88. The Morgan fingerprint density at radius 2 is 2.23 bits per heavy atom. The first kappa shape index (κ1) is 15.8. The van der Waals surface area contributed by atoms with Crippen LogP contribution in [0.15, 0.2) is 18.2 Å². The molecule has 8 nitrogen and oxygen atoms in total. The summed E-state index contributed by atoms with van der Waals surface area (Å²) in [6, 6.07) is 3.90. The van der Waals surface area contributed by atoms with Crippen LogP contribution in [0.1, 0.15) is 35.1 Å². The summed E-state index contributed by atoms with van der Waals surface area (Å²) in [7, 11) is 0. The maximum absolute atomic E-state index is 12.1. The van der Waals surface area contributed by atoms with Crippen LogP contribution in [0.25, 0.3) is 0 Å². The molecule has 2 rings (SSSR count). The average molecular weight is 321 g/mol. The molecular weight excluding hydrogens is 306 g/mol. The molecule has 2 aromatic rings. The first-order valence-electron chi connectivity index (χ1n) is 6.69. The fourth-order valence-electron chi connectivity index (χ4n) is 1.75. The molecule has 116 valence electrons. The molecule has 3 N–H and O–H groups in total. The van der Waals surface area contributed by atoms with Gasteiger partial charge in [0.1, 0.15) is 10.7 Å². The normalized spacial score (nSPS) is 10.4. The predicted octanol–water partition coefficient (Wildman–Crippen LogP) is 2.62. The highest BCUT2D eigenvalue weighted by Gasteiger charge is 2.16. The van der Waals surface area contributed by atoms with Crippen molar-refractivity contribution in [1.29, 1.82) is 0 Å². The smallest absolute Gasteiger partial charge is 0.292 e. The van der Waals surface area contributed by atoms with E-state index in [0.29, 0.717) is 5.13 Å². The third-order valence-corrected chi connectivity index (χ3v) is 3.82. The summed E-state index contributed by atoms with van der Waals surface area (Å²) in [5, 5.41) is 22.5. The van der Waals surface area contributed by atoms with Crippen LogP contribution in [0.5, 0.6) is 0 Å². The number of carbonyl (C=O) groups excluding carboxylic acids is 1. The van der Waals surface area contributed by atoms with E-state index in [1.54, 1.807) is 0 Å². The molecule has 0 aliphatic carbocycles. The van der Waals surface area contributed by atoms with Gasteiger partial charge >= 0.3 is 0 Å². The zero-order chi connectivity index (χ0) is 16.1. The fraction of sp³-hybridized carbons (Fsp3) is 0.308. The summed E-state index contributed by atoms with van der Waals surface area (Å²) in [5.74, 6) is -0.485. The van der Waals surface area contributed by atoms with E-state index in [1.807, 2.05) is 0 Å². The molecule has 0 aliphatic heterocycles. The van der Waals surface area contributed by atoms with Crippen LogP contribution in [0.3, 0.4) is 0 Å². The second-order valence-corrected chi connectivity index (χ2v) is 5.65. The number of rotatable bonds is 6. The van der Waals surface area contributed by atoms with E-state index in [9.17, 15) is 14.9 Å². The average Bonchev–Trinajstić information content (AvgIpc) is 2.92. The van der Waals surface area contributed by atoms with Crippen LogP contribution < -0.4 is 11.1 Å². The van der Waals surface area contributed by atoms with Crippen molar-refractivity contribution < 1.29 is 9.72 Å². The molecule has 1 heterocycles. The molecule has 0 atom stereocenters. The number of unbranched alkanes of at least 4 members (excludes halogenated alkanes) is 1. The number of aromatic nitrogens is 2. The molecule has 0 unspecified atom stereocenters. The van der Waals surface area contributed by atoms with E-state index in [1.165, 1.54) is 23.5 Å². The molecule has 9 heteroatoms. The Morgan fingerprint density at radius 1 is 1.45 bits per heavy atom. The standard InChI is InChI=1S/C13H15N5O3S/c1-2-3-4-11-16-17-13(22-11)15-12(19)8-5-6-9(14)10(7-8)18(20)21/h5-7H,2-4,14H2,1H3,(H,15,17,19). The number of nitrogens with one attached hydrogen (secondary N) is 1. The summed E-state index contributed by atoms with van der Waals surface area (Å²) < 4.78 is 0. The highest BCUT2D eigenvalue weighted by atomic mass is 32.1. The minimum absolute atomic E-state index is 0.0133. The second-order valence-electron chi connectivity index (χ2n) is 4.59. The van der Waals surface area contributed by atoms with Gasteiger partial charge in [-0.05, 0) is 18.6 Å². The Balaban J connectivity index is 2.10. The Labute approximate surface area is 130 Å². The van der Waals surface area contributed by atoms with Crippen LogP contribution >= 0.6 is 11.3 Å². The van der Waals surface area contributed by atoms with E-state index in [4.69, 9.17) is 5.73 Å². The molecule has 0 fully saturated rings. The van der Waals surface area contributed by atoms with Crippen LogP contribution in [-0.2, 0) is 6.42 Å². The number of aryl methyl sites for hydroxylation is 1. The van der Waals surface area contributed by atoms with Gasteiger partial charge in [-0.1, -0.05) is 24.7 Å².